The van der Waals surface area contributed by atoms with Crippen LogP contribution in [0.2, 0.25) is 0 Å². The number of hydrogen-bond donors (Lipinski definition) is 1. The number of rotatable bonds is 3. The SMILES string of the molecule is NC(=S)c1ccnnc1Oc1ccc(F)c(C(F)(F)F)c1. The summed E-state index contributed by atoms with van der Waals surface area (Å²) < 4.78 is 56.2. The van der Waals surface area contributed by atoms with Crippen LogP contribution in [0, 0.1) is 5.82 Å². The second-order valence-electron chi connectivity index (χ2n) is 3.86. The van der Waals surface area contributed by atoms with Gasteiger partial charge in [0.15, 0.2) is 0 Å². The zero-order chi connectivity index (χ0) is 15.6. The van der Waals surface area contributed by atoms with Gasteiger partial charge in [0.1, 0.15) is 16.6 Å². The maximum Gasteiger partial charge on any atom is 0.419 e. The Morgan fingerprint density at radius 2 is 1.95 bits per heavy atom. The van der Waals surface area contributed by atoms with Gasteiger partial charge in [-0.05, 0) is 24.3 Å². The molecule has 2 N–H and O–H groups in total. The Kier molecular flexibility index (Phi) is 4.03. The summed E-state index contributed by atoms with van der Waals surface area (Å²) in [5, 5.41) is 7.12. The molecule has 110 valence electrons. The van der Waals surface area contributed by atoms with Crippen LogP contribution in [0.1, 0.15) is 11.1 Å². The molecule has 0 spiro atoms. The monoisotopic (exact) mass is 317 g/mol. The summed E-state index contributed by atoms with van der Waals surface area (Å²) in [5.74, 6) is -1.82. The largest absolute Gasteiger partial charge is 0.437 e. The van der Waals surface area contributed by atoms with Gasteiger partial charge in [0, 0.05) is 0 Å². The molecule has 0 aliphatic carbocycles. The van der Waals surface area contributed by atoms with Crippen molar-refractivity contribution in [3.05, 3.63) is 47.4 Å². The van der Waals surface area contributed by atoms with E-state index in [0.717, 1.165) is 6.07 Å². The molecule has 0 amide bonds. The Balaban J connectivity index is 2.40. The van der Waals surface area contributed by atoms with Gasteiger partial charge in [-0.15, -0.1) is 5.10 Å². The zero-order valence-electron chi connectivity index (χ0n) is 10.2. The molecule has 0 atom stereocenters. The third-order valence-electron chi connectivity index (χ3n) is 2.41. The van der Waals surface area contributed by atoms with E-state index in [0.29, 0.717) is 12.1 Å². The van der Waals surface area contributed by atoms with Crippen molar-refractivity contribution in [2.24, 2.45) is 5.73 Å². The first kappa shape index (κ1) is 15.1. The fourth-order valence-electron chi connectivity index (χ4n) is 1.48. The number of hydrogen-bond acceptors (Lipinski definition) is 4. The third-order valence-corrected chi connectivity index (χ3v) is 2.63. The molecule has 1 aromatic heterocycles. The van der Waals surface area contributed by atoms with Crippen LogP contribution in [-0.4, -0.2) is 15.2 Å². The van der Waals surface area contributed by atoms with Crippen LogP contribution in [0.3, 0.4) is 0 Å². The lowest BCUT2D eigenvalue weighted by Gasteiger charge is -2.11. The molecule has 0 saturated heterocycles. The summed E-state index contributed by atoms with van der Waals surface area (Å²) in [6.07, 6.45) is -3.54. The van der Waals surface area contributed by atoms with Crippen molar-refractivity contribution in [1.82, 2.24) is 10.2 Å². The smallest absolute Gasteiger partial charge is 0.419 e. The summed E-state index contributed by atoms with van der Waals surface area (Å²) in [4.78, 5) is -0.0574. The molecule has 0 saturated carbocycles. The number of thiocarbonyl (C=S) groups is 1. The molecule has 21 heavy (non-hydrogen) atoms. The quantitative estimate of drug-likeness (QED) is 0.696. The van der Waals surface area contributed by atoms with E-state index < -0.39 is 17.6 Å². The first-order valence-electron chi connectivity index (χ1n) is 5.45. The summed E-state index contributed by atoms with van der Waals surface area (Å²) in [6, 6.07) is 3.60. The molecule has 0 aliphatic heterocycles. The number of benzene rings is 1. The van der Waals surface area contributed by atoms with Gasteiger partial charge in [-0.2, -0.15) is 18.3 Å². The van der Waals surface area contributed by atoms with E-state index in [9.17, 15) is 17.6 Å². The first-order chi connectivity index (χ1) is 9.79. The normalized spacial score (nSPS) is 11.2. The number of nitrogens with zero attached hydrogens (tertiary/aromatic N) is 2. The van der Waals surface area contributed by atoms with E-state index in [-0.39, 0.29) is 22.2 Å². The maximum atomic E-state index is 13.2. The standard InChI is InChI=1S/C12H7F4N3OS/c13-9-2-1-6(5-8(9)12(14,15)16)20-11-7(10(17)21)3-4-18-19-11/h1-5H,(H2,17,21). The molecule has 1 aromatic carbocycles. The van der Waals surface area contributed by atoms with Crippen LogP contribution in [0.5, 0.6) is 11.6 Å². The molecular weight excluding hydrogens is 310 g/mol. The van der Waals surface area contributed by atoms with E-state index in [1.165, 1.54) is 12.3 Å². The number of aromatic nitrogens is 2. The minimum Gasteiger partial charge on any atom is -0.437 e. The molecule has 0 unspecified atom stereocenters. The second-order valence-corrected chi connectivity index (χ2v) is 4.30. The highest BCUT2D eigenvalue weighted by Gasteiger charge is 2.34. The molecule has 9 heteroatoms. The van der Waals surface area contributed by atoms with Gasteiger partial charge in [-0.25, -0.2) is 4.39 Å². The van der Waals surface area contributed by atoms with Crippen LogP contribution in [0.25, 0.3) is 0 Å². The fourth-order valence-corrected chi connectivity index (χ4v) is 1.63. The van der Waals surface area contributed by atoms with Crippen molar-refractivity contribution in [2.45, 2.75) is 6.18 Å². The van der Waals surface area contributed by atoms with Crippen LogP contribution < -0.4 is 10.5 Å². The van der Waals surface area contributed by atoms with E-state index in [1.807, 2.05) is 0 Å². The lowest BCUT2D eigenvalue weighted by Crippen LogP contribution is -2.12. The van der Waals surface area contributed by atoms with E-state index in [2.05, 4.69) is 10.2 Å². The predicted octanol–water partition coefficient (Wildman–Crippen LogP) is 3.06. The summed E-state index contributed by atoms with van der Waals surface area (Å²) in [6.45, 7) is 0. The zero-order valence-corrected chi connectivity index (χ0v) is 11.0. The Hall–Kier alpha value is -2.29. The summed E-state index contributed by atoms with van der Waals surface area (Å²) in [5.41, 5.74) is 4.20. The highest BCUT2D eigenvalue weighted by Crippen LogP contribution is 2.34. The van der Waals surface area contributed by atoms with Gasteiger partial charge < -0.3 is 10.5 Å². The lowest BCUT2D eigenvalue weighted by molar-refractivity contribution is -0.140. The van der Waals surface area contributed by atoms with E-state index in [4.69, 9.17) is 22.7 Å². The van der Waals surface area contributed by atoms with Crippen LogP contribution in [0.15, 0.2) is 30.5 Å². The molecule has 2 rings (SSSR count). The van der Waals surface area contributed by atoms with Crippen molar-refractivity contribution in [3.8, 4) is 11.6 Å². The van der Waals surface area contributed by atoms with E-state index >= 15 is 0 Å². The van der Waals surface area contributed by atoms with Crippen molar-refractivity contribution in [1.29, 1.82) is 0 Å². The molecular formula is C12H7F4N3OS. The van der Waals surface area contributed by atoms with Gasteiger partial charge in [-0.1, -0.05) is 12.2 Å². The molecule has 0 aliphatic rings. The second kappa shape index (κ2) is 5.60. The highest BCUT2D eigenvalue weighted by molar-refractivity contribution is 7.80. The molecule has 4 nitrogen and oxygen atoms in total. The molecule has 1 heterocycles. The van der Waals surface area contributed by atoms with Gasteiger partial charge in [0.2, 0.25) is 5.88 Å². The highest BCUT2D eigenvalue weighted by atomic mass is 32.1. The van der Waals surface area contributed by atoms with Crippen LogP contribution in [-0.2, 0) is 6.18 Å². The average Bonchev–Trinajstić information content (AvgIpc) is 2.40. The average molecular weight is 317 g/mol. The number of ether oxygens (including phenoxy) is 1. The minimum atomic E-state index is -4.84. The van der Waals surface area contributed by atoms with Gasteiger partial charge in [0.05, 0.1) is 17.3 Å². The Bertz CT molecular complexity index is 690. The Morgan fingerprint density at radius 1 is 1.24 bits per heavy atom. The first-order valence-corrected chi connectivity index (χ1v) is 5.86. The van der Waals surface area contributed by atoms with Gasteiger partial charge >= 0.3 is 6.18 Å². The minimum absolute atomic E-state index is 0.0574. The lowest BCUT2D eigenvalue weighted by atomic mass is 10.2. The number of alkyl halides is 3. The van der Waals surface area contributed by atoms with Crippen LogP contribution >= 0.6 is 12.2 Å². The van der Waals surface area contributed by atoms with Crippen molar-refractivity contribution in [2.75, 3.05) is 0 Å². The van der Waals surface area contributed by atoms with Crippen molar-refractivity contribution >= 4 is 17.2 Å². The Morgan fingerprint density at radius 3 is 2.57 bits per heavy atom. The number of nitrogens with two attached hydrogens (primary N) is 1. The molecule has 2 aromatic rings. The maximum absolute atomic E-state index is 13.2. The third kappa shape index (κ3) is 3.43. The topological polar surface area (TPSA) is 61.0 Å². The van der Waals surface area contributed by atoms with Gasteiger partial charge in [0.25, 0.3) is 0 Å². The Labute approximate surface area is 121 Å². The number of halogens is 4. The molecule has 0 fully saturated rings. The van der Waals surface area contributed by atoms with Crippen molar-refractivity contribution in [3.63, 3.8) is 0 Å². The molecule has 0 bridgehead atoms. The van der Waals surface area contributed by atoms with E-state index in [1.54, 1.807) is 0 Å². The fraction of sp³-hybridized carbons (Fsp3) is 0.0833. The molecule has 0 radical (unpaired) electrons. The van der Waals surface area contributed by atoms with Crippen molar-refractivity contribution < 1.29 is 22.3 Å². The summed E-state index contributed by atoms with van der Waals surface area (Å²) in [7, 11) is 0. The predicted molar refractivity (Wildman–Crippen MR) is 69.4 cm³/mol. The van der Waals surface area contributed by atoms with Crippen LogP contribution in [0.4, 0.5) is 17.6 Å². The summed E-state index contributed by atoms with van der Waals surface area (Å²) >= 11 is 4.76. The van der Waals surface area contributed by atoms with Gasteiger partial charge in [-0.3, -0.25) is 0 Å².